The van der Waals surface area contributed by atoms with Crippen molar-refractivity contribution in [3.63, 3.8) is 0 Å². The lowest BCUT2D eigenvalue weighted by atomic mass is 9.85. The molecule has 0 atom stereocenters. The maximum absolute atomic E-state index is 2.44. The summed E-state index contributed by atoms with van der Waals surface area (Å²) in [4.78, 5) is 0. The lowest BCUT2D eigenvalue weighted by molar-refractivity contribution is 1.64. The number of fused-ring (bicyclic) bond motifs is 12. The highest BCUT2D eigenvalue weighted by Crippen LogP contribution is 2.48. The average Bonchev–Trinajstić information content (AvgIpc) is 3.81. The standard InChI is InChI=1S/C52H30S2/c1-2-10-31(11-3-1)33-20-18-32-19-21-34(29-36(32)28-33)49-38-13-4-6-15-40(38)50(41-16-7-5-14-39(41)49)35-22-23-45-48(30-35)53-47-27-26-44-42(51(45)47)24-25-43-37-12-8-9-17-46(37)54-52(43)44/h1-30H. The molecule has 0 fully saturated rings. The van der Waals surface area contributed by atoms with E-state index in [1.807, 2.05) is 22.7 Å². The number of hydrogen-bond acceptors (Lipinski definition) is 2. The second-order valence-electron chi connectivity index (χ2n) is 14.4. The summed E-state index contributed by atoms with van der Waals surface area (Å²) in [5, 5.41) is 15.7. The fraction of sp³-hybridized carbons (Fsp3) is 0. The highest BCUT2D eigenvalue weighted by molar-refractivity contribution is 7.27. The molecule has 0 radical (unpaired) electrons. The smallest absolute Gasteiger partial charge is 0.0434 e. The summed E-state index contributed by atoms with van der Waals surface area (Å²) in [7, 11) is 0. The second kappa shape index (κ2) is 11.6. The zero-order valence-electron chi connectivity index (χ0n) is 29.1. The van der Waals surface area contributed by atoms with E-state index in [1.54, 1.807) is 0 Å². The van der Waals surface area contributed by atoms with Crippen LogP contribution in [0.2, 0.25) is 0 Å². The second-order valence-corrected chi connectivity index (χ2v) is 16.5. The molecule has 0 unspecified atom stereocenters. The molecule has 12 rings (SSSR count). The van der Waals surface area contributed by atoms with Gasteiger partial charge in [-0.3, -0.25) is 0 Å². The number of thiophene rings is 2. The molecule has 0 spiro atoms. The summed E-state index contributed by atoms with van der Waals surface area (Å²) in [6, 6.07) is 67.8. The van der Waals surface area contributed by atoms with Crippen molar-refractivity contribution < 1.29 is 0 Å². The van der Waals surface area contributed by atoms with E-state index < -0.39 is 0 Å². The molecular formula is C52H30S2. The van der Waals surface area contributed by atoms with Crippen LogP contribution in [0.15, 0.2) is 182 Å². The molecule has 0 nitrogen and oxygen atoms in total. The minimum atomic E-state index is 1.24. The van der Waals surface area contributed by atoms with Crippen molar-refractivity contribution in [2.75, 3.05) is 0 Å². The number of rotatable bonds is 3. The largest absolute Gasteiger partial charge is 0.135 e. The Morgan fingerprint density at radius 2 is 0.796 bits per heavy atom. The summed E-state index contributed by atoms with van der Waals surface area (Å²) in [6.45, 7) is 0. The molecule has 0 saturated carbocycles. The van der Waals surface area contributed by atoms with Crippen LogP contribution >= 0.6 is 22.7 Å². The molecular weight excluding hydrogens is 689 g/mol. The van der Waals surface area contributed by atoms with E-state index in [0.717, 1.165) is 0 Å². The van der Waals surface area contributed by atoms with Crippen molar-refractivity contribution in [2.45, 2.75) is 0 Å². The predicted molar refractivity (Wildman–Crippen MR) is 239 cm³/mol. The topological polar surface area (TPSA) is 0 Å². The molecule has 0 aliphatic carbocycles. The van der Waals surface area contributed by atoms with Crippen molar-refractivity contribution in [3.8, 4) is 33.4 Å². The van der Waals surface area contributed by atoms with Crippen molar-refractivity contribution in [1.82, 2.24) is 0 Å². The van der Waals surface area contributed by atoms with Gasteiger partial charge in [0.15, 0.2) is 0 Å². The van der Waals surface area contributed by atoms with Gasteiger partial charge in [-0.1, -0.05) is 152 Å². The van der Waals surface area contributed by atoms with Crippen LogP contribution in [-0.2, 0) is 0 Å². The Hall–Kier alpha value is -6.32. The Kier molecular flexibility index (Phi) is 6.48. The minimum Gasteiger partial charge on any atom is -0.135 e. The third kappa shape index (κ3) is 4.42. The van der Waals surface area contributed by atoms with Gasteiger partial charge in [0.2, 0.25) is 0 Å². The molecule has 0 aliphatic heterocycles. The molecule has 54 heavy (non-hydrogen) atoms. The number of benzene rings is 10. The lowest BCUT2D eigenvalue weighted by Crippen LogP contribution is -1.91. The third-order valence-corrected chi connectivity index (χ3v) is 13.8. The van der Waals surface area contributed by atoms with Gasteiger partial charge in [0.05, 0.1) is 0 Å². The van der Waals surface area contributed by atoms with E-state index in [0.29, 0.717) is 0 Å². The van der Waals surface area contributed by atoms with Crippen LogP contribution in [0.4, 0.5) is 0 Å². The average molecular weight is 719 g/mol. The van der Waals surface area contributed by atoms with Crippen LogP contribution in [0.25, 0.3) is 117 Å². The number of hydrogen-bond donors (Lipinski definition) is 0. The van der Waals surface area contributed by atoms with Crippen LogP contribution in [0.1, 0.15) is 0 Å². The van der Waals surface area contributed by atoms with Gasteiger partial charge in [-0.05, 0) is 101 Å². The molecule has 12 aromatic rings. The Morgan fingerprint density at radius 1 is 0.259 bits per heavy atom. The molecule has 0 saturated heterocycles. The minimum absolute atomic E-state index is 1.24. The monoisotopic (exact) mass is 718 g/mol. The van der Waals surface area contributed by atoms with E-state index in [4.69, 9.17) is 0 Å². The van der Waals surface area contributed by atoms with Gasteiger partial charge in [-0.2, -0.15) is 0 Å². The van der Waals surface area contributed by atoms with E-state index in [2.05, 4.69) is 182 Å². The van der Waals surface area contributed by atoms with Crippen LogP contribution in [0.5, 0.6) is 0 Å². The molecule has 2 heterocycles. The molecule has 2 heteroatoms. The summed E-state index contributed by atoms with van der Waals surface area (Å²) >= 11 is 3.82. The van der Waals surface area contributed by atoms with Crippen molar-refractivity contribution >= 4 is 106 Å². The first kappa shape index (κ1) is 30.2. The third-order valence-electron chi connectivity index (χ3n) is 11.4. The molecule has 10 aromatic carbocycles. The SMILES string of the molecule is c1ccc(-c2ccc3ccc(-c4c5ccccc5c(-c5ccc6c(c5)sc5ccc7c(ccc8c9ccccc9sc87)c56)c5ccccc45)cc3c2)cc1. The van der Waals surface area contributed by atoms with Gasteiger partial charge in [-0.15, -0.1) is 22.7 Å². The maximum Gasteiger partial charge on any atom is 0.0434 e. The summed E-state index contributed by atoms with van der Waals surface area (Å²) < 4.78 is 5.40. The summed E-state index contributed by atoms with van der Waals surface area (Å²) in [5.41, 5.74) is 7.57. The van der Waals surface area contributed by atoms with Crippen LogP contribution in [0, 0.1) is 0 Å². The van der Waals surface area contributed by atoms with E-state index in [1.165, 1.54) is 117 Å². The normalized spacial score (nSPS) is 12.1. The molecule has 0 aliphatic rings. The molecule has 2 aromatic heterocycles. The van der Waals surface area contributed by atoms with Gasteiger partial charge in [0, 0.05) is 45.7 Å². The Labute approximate surface area is 319 Å². The Morgan fingerprint density at radius 3 is 1.54 bits per heavy atom. The van der Waals surface area contributed by atoms with Crippen LogP contribution in [-0.4, -0.2) is 0 Å². The quantitative estimate of drug-likeness (QED) is 0.160. The van der Waals surface area contributed by atoms with E-state index >= 15 is 0 Å². The Bertz CT molecular complexity index is 3430. The van der Waals surface area contributed by atoms with Gasteiger partial charge < -0.3 is 0 Å². The van der Waals surface area contributed by atoms with Gasteiger partial charge in [0.1, 0.15) is 0 Å². The summed E-state index contributed by atoms with van der Waals surface area (Å²) in [5.74, 6) is 0. The van der Waals surface area contributed by atoms with Gasteiger partial charge >= 0.3 is 0 Å². The van der Waals surface area contributed by atoms with Crippen LogP contribution < -0.4 is 0 Å². The van der Waals surface area contributed by atoms with E-state index in [-0.39, 0.29) is 0 Å². The first-order chi connectivity index (χ1) is 26.8. The Balaban J connectivity index is 1.06. The molecule has 0 N–H and O–H groups in total. The van der Waals surface area contributed by atoms with Crippen molar-refractivity contribution in [3.05, 3.63) is 182 Å². The first-order valence-electron chi connectivity index (χ1n) is 18.5. The molecule has 250 valence electrons. The fourth-order valence-electron chi connectivity index (χ4n) is 8.98. The van der Waals surface area contributed by atoms with Crippen molar-refractivity contribution in [2.24, 2.45) is 0 Å². The highest BCUT2D eigenvalue weighted by Gasteiger charge is 2.19. The van der Waals surface area contributed by atoms with Crippen LogP contribution in [0.3, 0.4) is 0 Å². The van der Waals surface area contributed by atoms with Gasteiger partial charge in [-0.25, -0.2) is 0 Å². The zero-order chi connectivity index (χ0) is 35.3. The molecule has 0 amide bonds. The van der Waals surface area contributed by atoms with Crippen molar-refractivity contribution in [1.29, 1.82) is 0 Å². The van der Waals surface area contributed by atoms with E-state index in [9.17, 15) is 0 Å². The zero-order valence-corrected chi connectivity index (χ0v) is 30.8. The predicted octanol–water partition coefficient (Wildman–Crippen LogP) is 16.0. The lowest BCUT2D eigenvalue weighted by Gasteiger charge is -2.18. The molecule has 0 bridgehead atoms. The highest BCUT2D eigenvalue weighted by atomic mass is 32.1. The summed E-state index contributed by atoms with van der Waals surface area (Å²) in [6.07, 6.45) is 0. The first-order valence-corrected chi connectivity index (χ1v) is 20.1. The maximum atomic E-state index is 2.44. The fourth-order valence-corrected chi connectivity index (χ4v) is 11.4. The van der Waals surface area contributed by atoms with Gasteiger partial charge in [0.25, 0.3) is 0 Å².